The monoisotopic (exact) mass is 1890 g/mol. The second-order valence-electron chi connectivity index (χ2n) is 37.3. The first kappa shape index (κ1) is 150. The van der Waals surface area contributed by atoms with Gasteiger partial charge in [-0.05, 0) is 319 Å². The van der Waals surface area contributed by atoms with Crippen LogP contribution < -0.4 is 0 Å². The third-order valence-electron chi connectivity index (χ3n) is 22.4. The van der Waals surface area contributed by atoms with E-state index < -0.39 is 0 Å². The van der Waals surface area contributed by atoms with Crippen molar-refractivity contribution >= 4 is 0 Å². The van der Waals surface area contributed by atoms with Crippen LogP contribution in [0.4, 0.5) is 0 Å². The summed E-state index contributed by atoms with van der Waals surface area (Å²) in [6.45, 7) is 126. The maximum Gasteiger partial charge on any atom is 0.0601 e. The fourth-order valence-electron chi connectivity index (χ4n) is 14.1. The summed E-state index contributed by atoms with van der Waals surface area (Å²) in [6.07, 6.45) is 38.8. The SMILES string of the molecule is C=CCN(CC=C)C/C=C/CN(CC=C)CC=C.C=CCN(CC=C)CCN(CC=C)CC=C.CCCN(CCC)CCCCN(CCC)CCC.CCN(C)CCN(C)CC.CCN(CC)CC#CCN(CC)CC.CCN(CC)CCCN(CC)CC.CCN(CC)CCN(CC)CC.CN(C)C/C=C/CN(C)C.CN(C)CC(C)(C)CN(C)C.CN(C)CCCCCCN(C)C. The molecule has 0 aromatic carbocycles. The summed E-state index contributed by atoms with van der Waals surface area (Å²) in [5, 5.41) is 0. The van der Waals surface area contributed by atoms with E-state index in [2.05, 4.69) is 424 Å². The van der Waals surface area contributed by atoms with Crippen LogP contribution in [0.5, 0.6) is 0 Å². The second-order valence-corrected chi connectivity index (χ2v) is 37.3. The molecular formula is C114H244N20. The summed E-state index contributed by atoms with van der Waals surface area (Å²) in [6, 6.07) is 0. The highest BCUT2D eigenvalue weighted by Crippen LogP contribution is 2.16. The van der Waals surface area contributed by atoms with Gasteiger partial charge in [-0.15, -0.1) is 52.6 Å². The predicted octanol–water partition coefficient (Wildman–Crippen LogP) is 19.0. The normalized spacial score (nSPS) is 11.4. The molecule has 0 aliphatic carbocycles. The molecule has 0 aromatic heterocycles. The molecule has 800 valence electrons. The number of unbranched alkanes of at least 4 members (excludes halogenated alkanes) is 4. The molecule has 0 rings (SSSR count). The molecule has 0 radical (unpaired) electrons. The third kappa shape index (κ3) is 126. The molecule has 0 N–H and O–H groups in total. The highest BCUT2D eigenvalue weighted by molar-refractivity contribution is 5.03. The molecule has 134 heavy (non-hydrogen) atoms. The van der Waals surface area contributed by atoms with Crippen LogP contribution in [-0.4, -0.2) is 498 Å². The Labute approximate surface area is 844 Å². The van der Waals surface area contributed by atoms with Crippen molar-refractivity contribution in [3.63, 3.8) is 0 Å². The van der Waals surface area contributed by atoms with E-state index in [1.54, 1.807) is 0 Å². The molecule has 0 atom stereocenters. The molecule has 0 bridgehead atoms. The summed E-state index contributed by atoms with van der Waals surface area (Å²) in [4.78, 5) is 46.9. The topological polar surface area (TPSA) is 64.8 Å². The number of hydrogen-bond donors (Lipinski definition) is 0. The van der Waals surface area contributed by atoms with Gasteiger partial charge in [-0.3, -0.25) is 29.4 Å². The van der Waals surface area contributed by atoms with Gasteiger partial charge < -0.3 is 68.6 Å². The Kier molecular flexibility index (Phi) is 134. The lowest BCUT2D eigenvalue weighted by molar-refractivity contribution is 0.182. The fourth-order valence-corrected chi connectivity index (χ4v) is 14.1. The molecule has 0 saturated carbocycles. The van der Waals surface area contributed by atoms with E-state index in [1.165, 1.54) is 215 Å². The Morgan fingerprint density at radius 2 is 0.403 bits per heavy atom. The number of hydrogen-bond acceptors (Lipinski definition) is 20. The van der Waals surface area contributed by atoms with Gasteiger partial charge in [0, 0.05) is 131 Å². The minimum absolute atomic E-state index is 0.396. The van der Waals surface area contributed by atoms with Gasteiger partial charge >= 0.3 is 0 Å². The number of nitrogens with zero attached hydrogens (tertiary/aromatic N) is 20. The van der Waals surface area contributed by atoms with Crippen molar-refractivity contribution in [2.24, 2.45) is 5.41 Å². The molecule has 20 heteroatoms. The number of rotatable bonds is 77. The summed E-state index contributed by atoms with van der Waals surface area (Å²) in [5.74, 6) is 6.44. The highest BCUT2D eigenvalue weighted by atomic mass is 15.2. The average molecular weight is 1900 g/mol. The van der Waals surface area contributed by atoms with Crippen LogP contribution in [0.15, 0.2) is 126 Å². The Morgan fingerprint density at radius 1 is 0.187 bits per heavy atom. The van der Waals surface area contributed by atoms with E-state index in [9.17, 15) is 0 Å². The van der Waals surface area contributed by atoms with Crippen LogP contribution in [0, 0.1) is 17.3 Å². The molecule has 0 heterocycles. The third-order valence-corrected chi connectivity index (χ3v) is 22.4. The first-order valence-electron chi connectivity index (χ1n) is 53.5. The van der Waals surface area contributed by atoms with Crippen LogP contribution >= 0.6 is 0 Å². The lowest BCUT2D eigenvalue weighted by atomic mass is 9.92. The van der Waals surface area contributed by atoms with Gasteiger partial charge in [-0.2, -0.15) is 0 Å². The summed E-state index contributed by atoms with van der Waals surface area (Å²) in [7, 11) is 29.6. The van der Waals surface area contributed by atoms with Crippen LogP contribution in [0.3, 0.4) is 0 Å². The van der Waals surface area contributed by atoms with E-state index in [0.29, 0.717) is 5.41 Å². The van der Waals surface area contributed by atoms with Gasteiger partial charge in [-0.1, -0.05) is 236 Å². The van der Waals surface area contributed by atoms with Gasteiger partial charge in [0.05, 0.1) is 13.1 Å². The van der Waals surface area contributed by atoms with E-state index >= 15 is 0 Å². The molecule has 0 spiro atoms. The minimum Gasteiger partial charge on any atom is -0.309 e. The molecule has 0 aromatic rings. The van der Waals surface area contributed by atoms with Gasteiger partial charge in [0.1, 0.15) is 0 Å². The molecule has 0 saturated heterocycles. The quantitative estimate of drug-likeness (QED) is 0.0329. The average Bonchev–Trinajstić information content (AvgIpc) is 0.910. The highest BCUT2D eigenvalue weighted by Gasteiger charge is 2.19. The Hall–Kier alpha value is -3.84. The summed E-state index contributed by atoms with van der Waals surface area (Å²) in [5.41, 5.74) is 0.396. The first-order valence-corrected chi connectivity index (χ1v) is 53.5. The molecule has 0 fully saturated rings. The van der Waals surface area contributed by atoms with E-state index in [0.717, 1.165) is 157 Å². The van der Waals surface area contributed by atoms with Crippen LogP contribution in [0.1, 0.15) is 209 Å². The minimum atomic E-state index is 0.396. The Morgan fingerprint density at radius 3 is 0.612 bits per heavy atom. The molecule has 0 unspecified atom stereocenters. The van der Waals surface area contributed by atoms with Gasteiger partial charge in [0.25, 0.3) is 0 Å². The van der Waals surface area contributed by atoms with Crippen LogP contribution in [0.25, 0.3) is 0 Å². The summed E-state index contributed by atoms with van der Waals surface area (Å²) < 4.78 is 0. The van der Waals surface area contributed by atoms with Crippen molar-refractivity contribution in [2.75, 3.05) is 400 Å². The number of likely N-dealkylation sites (N-methyl/N-ethyl adjacent to an activating group) is 6. The Balaban J connectivity index is -0.000000160. The Bertz CT molecular complexity index is 2240. The molecule has 0 amide bonds. The fraction of sp³-hybridized carbons (Fsp3) is 0.807. The molecule has 0 aliphatic heterocycles. The maximum atomic E-state index is 3.76. The van der Waals surface area contributed by atoms with Crippen molar-refractivity contribution in [3.8, 4) is 11.8 Å². The van der Waals surface area contributed by atoms with Crippen molar-refractivity contribution in [3.05, 3.63) is 126 Å². The first-order chi connectivity index (χ1) is 64.0. The smallest absolute Gasteiger partial charge is 0.0601 e. The van der Waals surface area contributed by atoms with Crippen LogP contribution in [-0.2, 0) is 0 Å². The van der Waals surface area contributed by atoms with E-state index in [4.69, 9.17) is 0 Å². The van der Waals surface area contributed by atoms with E-state index in [1.807, 2.05) is 48.6 Å². The van der Waals surface area contributed by atoms with Crippen molar-refractivity contribution in [2.45, 2.75) is 209 Å². The van der Waals surface area contributed by atoms with Crippen molar-refractivity contribution in [1.29, 1.82) is 0 Å². The van der Waals surface area contributed by atoms with Gasteiger partial charge in [-0.25, -0.2) is 0 Å². The summed E-state index contributed by atoms with van der Waals surface area (Å²) >= 11 is 0. The van der Waals surface area contributed by atoms with E-state index in [-0.39, 0.29) is 0 Å². The van der Waals surface area contributed by atoms with Gasteiger partial charge in [0.15, 0.2) is 0 Å². The standard InChI is InChI=1S/C16H36N2.C16H26N2.C14H24N2.C12H24N2.C11H26N2.2C10H24N2.C9H22N2.C8H18N2.C8H20N2/c2*1-5-11-17(12-6-2)15-9-10-16-18(13-7-3)14-8-4;1-5-9-15(10-6-2)13-14-16(11-7-3)12-8-4;1-5-13(6-2)11-9-10-12-14(7-3)8-4;1-5-12(6-2)10-9-11-13(7-3)8-4;1-11(2)9-7-5-6-8-10-12(3)4;1-5-11(6-2)9-10-12(7-3)8-4;1-9(2,7-10(3)4)8-11(5)6;1-9(2)7-5-6-8-10(3)4;1-5-9(3)7-8-10(4)6-2/h5-16H2,1-4H3;5-10H,1-4,11-16H2;5-8H,1-4,9-14H2;5-8,11-12H2,1-4H3;5-11H2,1-4H3;2*5-10H2,1-4H3;7-8H2,1-6H3;5-6H,7-8H2,1-4H3;5-8H2,1-4H3/b;10-9+;;;;;;;6-5+;. The van der Waals surface area contributed by atoms with Gasteiger partial charge in [0.2, 0.25) is 0 Å². The predicted molar refractivity (Wildman–Crippen MR) is 618 cm³/mol. The zero-order chi connectivity index (χ0) is 104. The zero-order valence-electron chi connectivity index (χ0n) is 97.3. The lowest BCUT2D eigenvalue weighted by Crippen LogP contribution is -2.37. The largest absolute Gasteiger partial charge is 0.309 e. The van der Waals surface area contributed by atoms with Crippen LogP contribution in [0.2, 0.25) is 0 Å². The molecular weight excluding hydrogens is 1650 g/mol. The second kappa shape index (κ2) is 120. The molecule has 20 nitrogen and oxygen atoms in total. The lowest BCUT2D eigenvalue weighted by Gasteiger charge is -2.30. The maximum absolute atomic E-state index is 3.76. The van der Waals surface area contributed by atoms with Crippen molar-refractivity contribution < 1.29 is 0 Å². The van der Waals surface area contributed by atoms with Crippen molar-refractivity contribution in [1.82, 2.24) is 98.0 Å². The molecule has 0 aliphatic rings. The zero-order valence-corrected chi connectivity index (χ0v) is 97.3.